The van der Waals surface area contributed by atoms with Gasteiger partial charge in [0, 0.05) is 6.54 Å². The molecule has 2 heterocycles. The standard InChI is InChI=1S/C11H13Br2NO4S2/c1-6-3-2-4-14(9(6)11(15)16)20(17,18)7-5-8(12)19-10(7)13/h5-6,9H,2-4H2,1H3,(H,15,16). The van der Waals surface area contributed by atoms with Crippen LogP contribution in [0.5, 0.6) is 0 Å². The van der Waals surface area contributed by atoms with Crippen molar-refractivity contribution in [1.82, 2.24) is 4.31 Å². The van der Waals surface area contributed by atoms with Crippen molar-refractivity contribution >= 4 is 59.2 Å². The van der Waals surface area contributed by atoms with Crippen LogP contribution in [0.1, 0.15) is 19.8 Å². The van der Waals surface area contributed by atoms with Gasteiger partial charge in [0.15, 0.2) is 0 Å². The first kappa shape index (κ1) is 16.4. The number of sulfonamides is 1. The lowest BCUT2D eigenvalue weighted by Gasteiger charge is -2.36. The summed E-state index contributed by atoms with van der Waals surface area (Å²) in [5, 5.41) is 9.34. The highest BCUT2D eigenvalue weighted by molar-refractivity contribution is 9.12. The van der Waals surface area contributed by atoms with E-state index in [1.165, 1.54) is 17.4 Å². The normalized spacial score (nSPS) is 24.8. The Labute approximate surface area is 138 Å². The molecular formula is C11H13Br2NO4S2. The second-order valence-electron chi connectivity index (χ2n) is 4.71. The highest BCUT2D eigenvalue weighted by atomic mass is 79.9. The molecule has 20 heavy (non-hydrogen) atoms. The second-order valence-corrected chi connectivity index (χ2v) is 10.3. The molecule has 0 aromatic carbocycles. The molecule has 9 heteroatoms. The minimum Gasteiger partial charge on any atom is -0.480 e. The molecule has 0 bridgehead atoms. The number of thiophene rings is 1. The first-order chi connectivity index (χ1) is 9.25. The molecule has 2 unspecified atom stereocenters. The van der Waals surface area contributed by atoms with E-state index < -0.39 is 22.0 Å². The van der Waals surface area contributed by atoms with E-state index in [1.807, 2.05) is 0 Å². The van der Waals surface area contributed by atoms with Gasteiger partial charge >= 0.3 is 5.97 Å². The molecule has 0 radical (unpaired) electrons. The smallest absolute Gasteiger partial charge is 0.322 e. The van der Waals surface area contributed by atoms with Gasteiger partial charge in [-0.05, 0) is 56.7 Å². The number of aliphatic carboxylic acids is 1. The second kappa shape index (κ2) is 6.04. The predicted molar refractivity (Wildman–Crippen MR) is 83.4 cm³/mol. The van der Waals surface area contributed by atoms with Gasteiger partial charge in [-0.1, -0.05) is 6.92 Å². The summed E-state index contributed by atoms with van der Waals surface area (Å²) in [4.78, 5) is 11.5. The SMILES string of the molecule is CC1CCCN(S(=O)(=O)c2cc(Br)sc2Br)C1C(=O)O. The van der Waals surface area contributed by atoms with Crippen LogP contribution in [0.25, 0.3) is 0 Å². The fourth-order valence-electron chi connectivity index (χ4n) is 2.41. The van der Waals surface area contributed by atoms with Gasteiger partial charge in [-0.25, -0.2) is 8.42 Å². The van der Waals surface area contributed by atoms with Crippen molar-refractivity contribution < 1.29 is 18.3 Å². The van der Waals surface area contributed by atoms with Crippen LogP contribution in [0, 0.1) is 5.92 Å². The molecule has 1 aromatic rings. The first-order valence-corrected chi connectivity index (χ1v) is 9.79. The number of carboxylic acids is 1. The average molecular weight is 447 g/mol. The Balaban J connectivity index is 2.46. The summed E-state index contributed by atoms with van der Waals surface area (Å²) in [5.74, 6) is -1.29. The molecule has 1 N–H and O–H groups in total. The van der Waals surface area contributed by atoms with Crippen molar-refractivity contribution in [2.24, 2.45) is 5.92 Å². The Morgan fingerprint density at radius 2 is 2.15 bits per heavy atom. The summed E-state index contributed by atoms with van der Waals surface area (Å²) in [6.45, 7) is 2.02. The molecule has 1 aliphatic heterocycles. The fraction of sp³-hybridized carbons (Fsp3) is 0.545. The number of halogens is 2. The van der Waals surface area contributed by atoms with Gasteiger partial charge in [-0.2, -0.15) is 4.31 Å². The van der Waals surface area contributed by atoms with E-state index in [2.05, 4.69) is 31.9 Å². The minimum absolute atomic E-state index is 0.120. The molecule has 5 nitrogen and oxygen atoms in total. The van der Waals surface area contributed by atoms with Crippen LogP contribution >= 0.6 is 43.2 Å². The van der Waals surface area contributed by atoms with Crippen molar-refractivity contribution in [2.75, 3.05) is 6.54 Å². The number of nitrogens with zero attached hydrogens (tertiary/aromatic N) is 1. The molecule has 0 amide bonds. The number of hydrogen-bond acceptors (Lipinski definition) is 4. The summed E-state index contributed by atoms with van der Waals surface area (Å²) in [6.07, 6.45) is 1.39. The molecule has 0 saturated carbocycles. The summed E-state index contributed by atoms with van der Waals surface area (Å²) in [7, 11) is -3.81. The maximum atomic E-state index is 12.7. The number of carboxylic acid groups (broad SMARTS) is 1. The molecule has 1 aromatic heterocycles. The molecular weight excluding hydrogens is 434 g/mol. The Morgan fingerprint density at radius 3 is 2.65 bits per heavy atom. The summed E-state index contributed by atoms with van der Waals surface area (Å²) >= 11 is 7.72. The molecule has 2 atom stereocenters. The molecule has 112 valence electrons. The zero-order valence-corrected chi connectivity index (χ0v) is 15.3. The predicted octanol–water partition coefficient (Wildman–Crippen LogP) is 3.15. The van der Waals surface area contributed by atoms with Crippen molar-refractivity contribution in [3.05, 3.63) is 13.6 Å². The van der Waals surface area contributed by atoms with Crippen molar-refractivity contribution in [2.45, 2.75) is 30.7 Å². The largest absolute Gasteiger partial charge is 0.480 e. The number of rotatable bonds is 3. The van der Waals surface area contributed by atoms with Gasteiger partial charge in [-0.3, -0.25) is 4.79 Å². The van der Waals surface area contributed by atoms with Gasteiger partial charge < -0.3 is 5.11 Å². The van der Waals surface area contributed by atoms with Crippen molar-refractivity contribution in [3.8, 4) is 0 Å². The van der Waals surface area contributed by atoms with Crippen molar-refractivity contribution in [1.29, 1.82) is 0 Å². The average Bonchev–Trinajstić information content (AvgIpc) is 2.68. The molecule has 2 rings (SSSR count). The van der Waals surface area contributed by atoms with Gasteiger partial charge in [0.25, 0.3) is 0 Å². The van der Waals surface area contributed by atoms with Crippen LogP contribution in [-0.4, -0.2) is 36.4 Å². The zero-order valence-electron chi connectivity index (χ0n) is 10.5. The van der Waals surface area contributed by atoms with Crippen molar-refractivity contribution in [3.63, 3.8) is 0 Å². The lowest BCUT2D eigenvalue weighted by atomic mass is 9.93. The van der Waals surface area contributed by atoms with E-state index in [9.17, 15) is 18.3 Å². The third kappa shape index (κ3) is 2.96. The quantitative estimate of drug-likeness (QED) is 0.773. The Morgan fingerprint density at radius 1 is 1.50 bits per heavy atom. The first-order valence-electron chi connectivity index (χ1n) is 5.94. The molecule has 1 saturated heterocycles. The van der Waals surface area contributed by atoms with E-state index in [0.717, 1.165) is 10.7 Å². The topological polar surface area (TPSA) is 74.7 Å². The molecule has 1 fully saturated rings. The monoisotopic (exact) mass is 445 g/mol. The van der Waals surface area contributed by atoms with Crippen LogP contribution < -0.4 is 0 Å². The number of carbonyl (C=O) groups is 1. The maximum Gasteiger partial charge on any atom is 0.322 e. The van der Waals surface area contributed by atoms with Crippen LogP contribution in [-0.2, 0) is 14.8 Å². The Kier molecular flexibility index (Phi) is 4.95. The van der Waals surface area contributed by atoms with Crippen LogP contribution in [0.3, 0.4) is 0 Å². The van der Waals surface area contributed by atoms with Crippen LogP contribution in [0.15, 0.2) is 18.5 Å². The fourth-order valence-corrected chi connectivity index (χ4v) is 7.89. The molecule has 0 spiro atoms. The van der Waals surface area contributed by atoms with Crippen LogP contribution in [0.4, 0.5) is 0 Å². The molecule has 1 aliphatic rings. The highest BCUT2D eigenvalue weighted by Crippen LogP contribution is 2.38. The summed E-state index contributed by atoms with van der Waals surface area (Å²) < 4.78 is 27.7. The van der Waals surface area contributed by atoms with Gasteiger partial charge in [0.2, 0.25) is 10.0 Å². The minimum atomic E-state index is -3.81. The maximum absolute atomic E-state index is 12.7. The number of hydrogen-bond donors (Lipinski definition) is 1. The summed E-state index contributed by atoms with van der Waals surface area (Å²) in [6, 6.07) is 0.502. The van der Waals surface area contributed by atoms with E-state index in [4.69, 9.17) is 0 Å². The highest BCUT2D eigenvalue weighted by Gasteiger charge is 2.42. The Hall–Kier alpha value is 0.0400. The van der Waals surface area contributed by atoms with E-state index >= 15 is 0 Å². The van der Waals surface area contributed by atoms with E-state index in [0.29, 0.717) is 14.0 Å². The van der Waals surface area contributed by atoms with Gasteiger partial charge in [0.05, 0.1) is 7.57 Å². The van der Waals surface area contributed by atoms with Gasteiger partial charge in [-0.15, -0.1) is 11.3 Å². The third-order valence-electron chi connectivity index (χ3n) is 3.35. The van der Waals surface area contributed by atoms with E-state index in [-0.39, 0.29) is 17.4 Å². The third-order valence-corrected chi connectivity index (χ3v) is 7.99. The summed E-state index contributed by atoms with van der Waals surface area (Å²) in [5.41, 5.74) is 0. The number of piperidine rings is 1. The van der Waals surface area contributed by atoms with Crippen LogP contribution in [0.2, 0.25) is 0 Å². The Bertz CT molecular complexity index is 628. The zero-order chi connectivity index (χ0) is 15.1. The van der Waals surface area contributed by atoms with Gasteiger partial charge in [0.1, 0.15) is 10.9 Å². The lowest BCUT2D eigenvalue weighted by Crippen LogP contribution is -2.51. The molecule has 0 aliphatic carbocycles. The van der Waals surface area contributed by atoms with E-state index in [1.54, 1.807) is 6.92 Å². The lowest BCUT2D eigenvalue weighted by molar-refractivity contribution is -0.144.